The summed E-state index contributed by atoms with van der Waals surface area (Å²) in [6.07, 6.45) is 8.14. The van der Waals surface area contributed by atoms with Gasteiger partial charge in [0.25, 0.3) is 0 Å². The molecule has 4 nitrogen and oxygen atoms in total. The van der Waals surface area contributed by atoms with Crippen molar-refractivity contribution < 1.29 is 0 Å². The van der Waals surface area contributed by atoms with Crippen LogP contribution >= 0.6 is 0 Å². The predicted molar refractivity (Wildman–Crippen MR) is 62.5 cm³/mol. The summed E-state index contributed by atoms with van der Waals surface area (Å²) < 4.78 is 0. The Morgan fingerprint density at radius 3 is 2.50 bits per heavy atom. The third kappa shape index (κ3) is 3.24. The Morgan fingerprint density at radius 1 is 1.31 bits per heavy atom. The van der Waals surface area contributed by atoms with Crippen LogP contribution < -0.4 is 0 Å². The van der Waals surface area contributed by atoms with E-state index in [1.807, 2.05) is 0 Å². The molecule has 0 radical (unpaired) electrons. The van der Waals surface area contributed by atoms with Crippen LogP contribution in [-0.2, 0) is 0 Å². The van der Waals surface area contributed by atoms with Gasteiger partial charge in [-0.1, -0.05) is 19.3 Å². The van der Waals surface area contributed by atoms with Gasteiger partial charge in [0.05, 0.1) is 12.5 Å². The van der Waals surface area contributed by atoms with Crippen molar-refractivity contribution >= 4 is 5.84 Å². The Balaban J connectivity index is 2.74. The molecule has 86 valence electrons. The van der Waals surface area contributed by atoms with Gasteiger partial charge >= 0.3 is 0 Å². The lowest BCUT2D eigenvalue weighted by molar-refractivity contribution is 0.249. The normalized spacial score (nSPS) is 17.6. The highest BCUT2D eigenvalue weighted by atomic mass is 15.2. The number of hydrogen-bond donors (Lipinski definition) is 0. The quantitative estimate of drug-likeness (QED) is 0.415. The molecule has 0 aromatic rings. The Kier molecular flexibility index (Phi) is 5.36. The van der Waals surface area contributed by atoms with Crippen molar-refractivity contribution in [1.29, 1.82) is 10.5 Å². The fourth-order valence-corrected chi connectivity index (χ4v) is 2.38. The summed E-state index contributed by atoms with van der Waals surface area (Å²) in [6, 6.07) is 2.55. The fourth-order valence-electron chi connectivity index (χ4n) is 2.38. The van der Waals surface area contributed by atoms with E-state index < -0.39 is 0 Å². The van der Waals surface area contributed by atoms with Gasteiger partial charge in [-0.2, -0.15) is 15.5 Å². The van der Waals surface area contributed by atoms with E-state index in [1.165, 1.54) is 19.3 Å². The van der Waals surface area contributed by atoms with Crippen LogP contribution in [0.3, 0.4) is 0 Å². The molecule has 0 unspecified atom stereocenters. The van der Waals surface area contributed by atoms with E-state index in [1.54, 1.807) is 6.19 Å². The lowest BCUT2D eigenvalue weighted by atomic mass is 9.94. The fraction of sp³-hybridized carbons (Fsp3) is 0.750. The first-order chi connectivity index (χ1) is 7.83. The number of aliphatic imine (C=N–C) groups is 1. The minimum atomic E-state index is 0.234. The molecule has 16 heavy (non-hydrogen) atoms. The largest absolute Gasteiger partial charge is 0.356 e. The summed E-state index contributed by atoms with van der Waals surface area (Å²) in [5.41, 5.74) is 0. The highest BCUT2D eigenvalue weighted by Crippen LogP contribution is 2.23. The van der Waals surface area contributed by atoms with Crippen LogP contribution in [0.15, 0.2) is 4.99 Å². The van der Waals surface area contributed by atoms with Gasteiger partial charge in [0, 0.05) is 12.6 Å². The van der Waals surface area contributed by atoms with E-state index in [-0.39, 0.29) is 6.42 Å². The monoisotopic (exact) mass is 218 g/mol. The minimum absolute atomic E-state index is 0.234. The van der Waals surface area contributed by atoms with Crippen LogP contribution in [0.2, 0.25) is 0 Å². The lowest BCUT2D eigenvalue weighted by Crippen LogP contribution is -2.41. The Hall–Kier alpha value is -1.55. The number of nitriles is 2. The maximum Gasteiger partial charge on any atom is 0.207 e. The minimum Gasteiger partial charge on any atom is -0.356 e. The molecule has 0 spiro atoms. The van der Waals surface area contributed by atoms with Crippen molar-refractivity contribution in [3.05, 3.63) is 0 Å². The molecule has 0 N–H and O–H groups in total. The van der Waals surface area contributed by atoms with Gasteiger partial charge < -0.3 is 4.90 Å². The van der Waals surface area contributed by atoms with Crippen LogP contribution in [0.4, 0.5) is 0 Å². The molecule has 0 aromatic heterocycles. The van der Waals surface area contributed by atoms with Crippen molar-refractivity contribution in [2.45, 2.75) is 51.5 Å². The van der Waals surface area contributed by atoms with Crippen LogP contribution in [0.1, 0.15) is 45.4 Å². The number of rotatable bonds is 3. The SMILES string of the molecule is CCN(/C(CC#N)=N/C#N)C1CCCCC1. The van der Waals surface area contributed by atoms with Crippen molar-refractivity contribution in [2.75, 3.05) is 6.54 Å². The predicted octanol–water partition coefficient (Wildman–Crippen LogP) is 2.43. The molecule has 1 fully saturated rings. The molecular weight excluding hydrogens is 200 g/mol. The number of hydrogen-bond acceptors (Lipinski definition) is 3. The van der Waals surface area contributed by atoms with E-state index in [0.717, 1.165) is 19.4 Å². The van der Waals surface area contributed by atoms with E-state index in [2.05, 4.69) is 22.9 Å². The molecule has 1 rings (SSSR count). The molecule has 1 aliphatic carbocycles. The van der Waals surface area contributed by atoms with Gasteiger partial charge in [0.2, 0.25) is 6.19 Å². The smallest absolute Gasteiger partial charge is 0.207 e. The average molecular weight is 218 g/mol. The average Bonchev–Trinajstić information content (AvgIpc) is 2.32. The highest BCUT2D eigenvalue weighted by molar-refractivity contribution is 5.85. The van der Waals surface area contributed by atoms with E-state index in [4.69, 9.17) is 10.5 Å². The van der Waals surface area contributed by atoms with Crippen molar-refractivity contribution in [1.82, 2.24) is 4.90 Å². The van der Waals surface area contributed by atoms with Crippen molar-refractivity contribution in [2.24, 2.45) is 4.99 Å². The first-order valence-electron chi connectivity index (χ1n) is 5.92. The van der Waals surface area contributed by atoms with Gasteiger partial charge in [-0.3, -0.25) is 0 Å². The summed E-state index contributed by atoms with van der Waals surface area (Å²) in [5.74, 6) is 0.638. The zero-order valence-electron chi connectivity index (χ0n) is 9.82. The third-order valence-corrected chi connectivity index (χ3v) is 3.10. The molecule has 0 bridgehead atoms. The third-order valence-electron chi connectivity index (χ3n) is 3.10. The zero-order chi connectivity index (χ0) is 11.8. The van der Waals surface area contributed by atoms with E-state index in [0.29, 0.717) is 11.9 Å². The van der Waals surface area contributed by atoms with Crippen LogP contribution in [0.5, 0.6) is 0 Å². The standard InChI is InChI=1S/C12H18N4/c1-2-16(11-6-4-3-5-7-11)12(8-9-13)15-10-14/h11H,2-8H2,1H3/b15-12+. The van der Waals surface area contributed by atoms with E-state index >= 15 is 0 Å². The zero-order valence-corrected chi connectivity index (χ0v) is 9.82. The second kappa shape index (κ2) is 6.85. The first kappa shape index (κ1) is 12.5. The van der Waals surface area contributed by atoms with Gasteiger partial charge in [0.1, 0.15) is 5.84 Å². The van der Waals surface area contributed by atoms with Gasteiger partial charge in [-0.15, -0.1) is 0 Å². The van der Waals surface area contributed by atoms with Crippen LogP contribution in [-0.4, -0.2) is 23.3 Å². The van der Waals surface area contributed by atoms with Crippen LogP contribution in [0, 0.1) is 22.8 Å². The molecule has 4 heteroatoms. The molecule has 0 amide bonds. The number of nitrogens with zero attached hydrogens (tertiary/aromatic N) is 4. The van der Waals surface area contributed by atoms with E-state index in [9.17, 15) is 0 Å². The number of amidine groups is 1. The topological polar surface area (TPSA) is 63.2 Å². The maximum absolute atomic E-state index is 8.74. The molecule has 1 aliphatic rings. The Labute approximate surface area is 97.2 Å². The summed E-state index contributed by atoms with van der Waals surface area (Å²) >= 11 is 0. The molecule has 0 saturated heterocycles. The summed E-state index contributed by atoms with van der Waals surface area (Å²) in [5, 5.41) is 17.4. The summed E-state index contributed by atoms with van der Waals surface area (Å²) in [7, 11) is 0. The summed E-state index contributed by atoms with van der Waals surface area (Å²) in [4.78, 5) is 5.92. The Bertz CT molecular complexity index is 315. The second-order valence-corrected chi connectivity index (χ2v) is 4.04. The Morgan fingerprint density at radius 2 is 2.00 bits per heavy atom. The van der Waals surface area contributed by atoms with Crippen LogP contribution in [0.25, 0.3) is 0 Å². The van der Waals surface area contributed by atoms with Gasteiger partial charge in [-0.25, -0.2) is 0 Å². The molecule has 0 heterocycles. The van der Waals surface area contributed by atoms with Gasteiger partial charge in [0.15, 0.2) is 0 Å². The highest BCUT2D eigenvalue weighted by Gasteiger charge is 2.22. The van der Waals surface area contributed by atoms with Crippen molar-refractivity contribution in [3.8, 4) is 12.3 Å². The second-order valence-electron chi connectivity index (χ2n) is 4.04. The molecule has 0 aliphatic heterocycles. The van der Waals surface area contributed by atoms with Gasteiger partial charge in [-0.05, 0) is 19.8 Å². The lowest BCUT2D eigenvalue weighted by Gasteiger charge is -2.34. The van der Waals surface area contributed by atoms with Crippen molar-refractivity contribution in [3.63, 3.8) is 0 Å². The molecule has 0 aromatic carbocycles. The molecular formula is C12H18N4. The maximum atomic E-state index is 8.74. The molecule has 0 atom stereocenters. The molecule has 1 saturated carbocycles. The first-order valence-corrected chi connectivity index (χ1v) is 5.92. The summed E-state index contributed by atoms with van der Waals surface area (Å²) in [6.45, 7) is 2.88.